The molecule has 4 aliphatic carbocycles. The van der Waals surface area contributed by atoms with E-state index in [0.717, 1.165) is 134 Å². The fraction of sp³-hybridized carbons (Fsp3) is 0.0538. The first-order valence-electron chi connectivity index (χ1n) is 33.5. The topological polar surface area (TPSA) is 6.48 Å². The Morgan fingerprint density at radius 3 is 0.778 bits per heavy atom. The zero-order valence-corrected chi connectivity index (χ0v) is 54.3. The molecule has 0 radical (unpaired) electrons. The molecule has 472 valence electrons. The van der Waals surface area contributed by atoms with E-state index in [-0.39, 0.29) is 11.4 Å². The Labute approximate surface area is 573 Å². The van der Waals surface area contributed by atoms with Crippen molar-refractivity contribution in [2.75, 3.05) is 9.80 Å². The van der Waals surface area contributed by atoms with Gasteiger partial charge in [0, 0.05) is 22.7 Å². The highest BCUT2D eigenvalue weighted by molar-refractivity contribution is 5.99. The minimum atomic E-state index is -1.09. The van der Waals surface area contributed by atoms with Crippen molar-refractivity contribution in [3.05, 3.63) is 429 Å². The summed E-state index contributed by atoms with van der Waals surface area (Å²) in [6, 6.07) is 101. The molecular formula is C93H62F4N2. The van der Waals surface area contributed by atoms with Gasteiger partial charge in [-0.1, -0.05) is 267 Å². The highest BCUT2D eigenvalue weighted by Gasteiger charge is 2.53. The van der Waals surface area contributed by atoms with Gasteiger partial charge in [0.2, 0.25) is 0 Å². The molecule has 2 nitrogen and oxygen atoms in total. The smallest absolute Gasteiger partial charge is 0.150 e. The standard InChI is InChI=1S/C93H62F4N2/c1-5-59-33-41-63(42-34-59)91(61-37-29-57(3)30-38-61)77-21-11-7-17-69(77)73-49-45-65(53-81(73)91)98(89-85(94)25-15-26-86(89)95)67-47-51-75-71-19-9-13-23-79(71)93(83(75)55-67)80-24-14-10-20-72(80)76-52-48-68(56-84(76)93)99(90-87(96)27-16-28-88(90)97)66-46-50-74-70-18-8-12-22-78(70)92(82(74)54-66,62-39-31-58(4)32-40-62)64-43-35-60(6-2)36-44-64/h5-56H,1-2H2,3-4H3. The van der Waals surface area contributed by atoms with Gasteiger partial charge in [-0.15, -0.1) is 0 Å². The van der Waals surface area contributed by atoms with Crippen molar-refractivity contribution < 1.29 is 17.6 Å². The number of para-hydroxylation sites is 2. The molecule has 0 N–H and O–H groups in total. The summed E-state index contributed by atoms with van der Waals surface area (Å²) in [5, 5.41) is 0. The molecule has 0 aliphatic heterocycles. The molecule has 0 heterocycles. The summed E-state index contributed by atoms with van der Waals surface area (Å²) in [4.78, 5) is 3.48. The number of hydrogen-bond acceptors (Lipinski definition) is 2. The van der Waals surface area contributed by atoms with Gasteiger partial charge in [0.25, 0.3) is 0 Å². The molecule has 99 heavy (non-hydrogen) atoms. The summed E-state index contributed by atoms with van der Waals surface area (Å²) >= 11 is 0. The monoisotopic (exact) mass is 1280 g/mol. The fourth-order valence-corrected chi connectivity index (χ4v) is 17.3. The van der Waals surface area contributed by atoms with E-state index in [9.17, 15) is 0 Å². The van der Waals surface area contributed by atoms with Gasteiger partial charge in [0.1, 0.15) is 34.6 Å². The first kappa shape index (κ1) is 59.4. The number of aryl methyl sites for hydroxylation is 2. The molecule has 0 amide bonds. The second kappa shape index (κ2) is 22.5. The number of rotatable bonds is 12. The summed E-state index contributed by atoms with van der Waals surface area (Å²) in [6.45, 7) is 12.3. The lowest BCUT2D eigenvalue weighted by Crippen LogP contribution is -2.29. The third-order valence-corrected chi connectivity index (χ3v) is 21.6. The lowest BCUT2D eigenvalue weighted by atomic mass is 9.67. The number of hydrogen-bond donors (Lipinski definition) is 0. The number of anilines is 6. The molecule has 14 aromatic rings. The van der Waals surface area contributed by atoms with E-state index in [0.29, 0.717) is 22.7 Å². The van der Waals surface area contributed by atoms with E-state index >= 15 is 17.6 Å². The van der Waals surface area contributed by atoms with Crippen molar-refractivity contribution in [2.24, 2.45) is 0 Å². The Morgan fingerprint density at radius 1 is 0.253 bits per heavy atom. The average Bonchev–Trinajstić information content (AvgIpc) is 1.52. The molecular weight excluding hydrogens is 1220 g/mol. The van der Waals surface area contributed by atoms with E-state index in [2.05, 4.69) is 258 Å². The highest BCUT2D eigenvalue weighted by Crippen LogP contribution is 2.66. The summed E-state index contributed by atoms with van der Waals surface area (Å²) < 4.78 is 69.7. The van der Waals surface area contributed by atoms with Gasteiger partial charge in [-0.2, -0.15) is 0 Å². The predicted octanol–water partition coefficient (Wildman–Crippen LogP) is 24.2. The summed E-state index contributed by atoms with van der Waals surface area (Å²) in [5.41, 5.74) is 23.0. The number of fused-ring (bicyclic) bond motifs is 16. The third kappa shape index (κ3) is 8.42. The first-order chi connectivity index (χ1) is 48.5. The minimum absolute atomic E-state index is 0.233. The van der Waals surface area contributed by atoms with Crippen LogP contribution in [0.2, 0.25) is 0 Å². The van der Waals surface area contributed by atoms with Crippen LogP contribution in [0.4, 0.5) is 51.7 Å². The van der Waals surface area contributed by atoms with Crippen LogP contribution in [-0.4, -0.2) is 0 Å². The van der Waals surface area contributed by atoms with Crippen LogP contribution >= 0.6 is 0 Å². The molecule has 2 unspecified atom stereocenters. The van der Waals surface area contributed by atoms with Crippen LogP contribution in [0.1, 0.15) is 89.0 Å². The van der Waals surface area contributed by atoms with Gasteiger partial charge >= 0.3 is 0 Å². The van der Waals surface area contributed by atoms with E-state index in [1.807, 2.05) is 48.6 Å². The van der Waals surface area contributed by atoms with Gasteiger partial charge in [-0.05, 0) is 209 Å². The molecule has 4 aliphatic rings. The molecule has 0 saturated carbocycles. The summed E-state index contributed by atoms with van der Waals surface area (Å²) in [6.07, 6.45) is 3.69. The van der Waals surface area contributed by atoms with Crippen LogP contribution < -0.4 is 9.80 Å². The van der Waals surface area contributed by atoms with Crippen LogP contribution in [0.25, 0.3) is 56.7 Å². The molecule has 2 atom stereocenters. The maximum absolute atomic E-state index is 17.4. The van der Waals surface area contributed by atoms with Crippen molar-refractivity contribution in [1.82, 2.24) is 0 Å². The Bertz CT molecular complexity index is 5300. The van der Waals surface area contributed by atoms with E-state index in [1.54, 1.807) is 9.80 Å². The van der Waals surface area contributed by atoms with Gasteiger partial charge in [0.15, 0.2) is 0 Å². The number of nitrogens with zero attached hydrogens (tertiary/aromatic N) is 2. The summed E-state index contributed by atoms with van der Waals surface area (Å²) in [5.74, 6) is -2.94. The van der Waals surface area contributed by atoms with Gasteiger partial charge in [-0.3, -0.25) is 0 Å². The predicted molar refractivity (Wildman–Crippen MR) is 396 cm³/mol. The Balaban J connectivity index is 0.871. The molecule has 18 rings (SSSR count). The zero-order chi connectivity index (χ0) is 67.1. The molecule has 0 saturated heterocycles. The lowest BCUT2D eigenvalue weighted by molar-refractivity contribution is 0.585. The average molecular weight is 1280 g/mol. The summed E-state index contributed by atoms with van der Waals surface area (Å²) in [7, 11) is 0. The van der Waals surface area contributed by atoms with Crippen molar-refractivity contribution in [2.45, 2.75) is 30.1 Å². The van der Waals surface area contributed by atoms with Crippen LogP contribution in [0, 0.1) is 37.1 Å². The zero-order valence-electron chi connectivity index (χ0n) is 54.3. The molecule has 0 aromatic heterocycles. The van der Waals surface area contributed by atoms with E-state index in [4.69, 9.17) is 0 Å². The Hall–Kier alpha value is -12.1. The number of halogens is 4. The SMILES string of the molecule is C=Cc1ccc(C2(c3ccc(C)cc3)c3ccccc3-c3ccc(N(c4ccc5c(c4)C4(c6ccccc6-5)c5ccccc5-c5ccc(N(c6ccc7c(c6)C(c6ccc(C)cc6)(c6ccc(C=C)cc6)c6ccccc6-7)c6c(F)cccc6F)cc54)c4c(F)cccc4F)cc32)cc1. The van der Waals surface area contributed by atoms with Gasteiger partial charge in [-0.25, -0.2) is 17.6 Å². The van der Waals surface area contributed by atoms with Crippen molar-refractivity contribution in [3.63, 3.8) is 0 Å². The Morgan fingerprint density at radius 2 is 0.495 bits per heavy atom. The van der Waals surface area contributed by atoms with Crippen LogP contribution in [0.5, 0.6) is 0 Å². The molecule has 6 heteroatoms. The first-order valence-corrected chi connectivity index (χ1v) is 33.5. The minimum Gasteiger partial charge on any atom is -0.305 e. The molecule has 0 fully saturated rings. The normalized spacial score (nSPS) is 16.8. The lowest BCUT2D eigenvalue weighted by Gasteiger charge is -2.36. The number of benzene rings is 14. The van der Waals surface area contributed by atoms with Gasteiger partial charge < -0.3 is 9.80 Å². The van der Waals surface area contributed by atoms with E-state index < -0.39 is 39.5 Å². The largest absolute Gasteiger partial charge is 0.305 e. The second-order valence-corrected chi connectivity index (χ2v) is 26.5. The second-order valence-electron chi connectivity index (χ2n) is 26.5. The maximum Gasteiger partial charge on any atom is 0.150 e. The molecule has 0 bridgehead atoms. The quantitative estimate of drug-likeness (QED) is 0.113. The van der Waals surface area contributed by atoms with Crippen molar-refractivity contribution >= 4 is 46.3 Å². The van der Waals surface area contributed by atoms with Gasteiger partial charge in [0.05, 0.1) is 16.2 Å². The molecule has 14 aromatic carbocycles. The third-order valence-electron chi connectivity index (χ3n) is 21.6. The Kier molecular flexibility index (Phi) is 13.5. The fourth-order valence-electron chi connectivity index (χ4n) is 17.3. The maximum atomic E-state index is 17.4. The van der Waals surface area contributed by atoms with Crippen molar-refractivity contribution in [3.8, 4) is 44.5 Å². The highest BCUT2D eigenvalue weighted by atomic mass is 19.1. The van der Waals surface area contributed by atoms with Crippen molar-refractivity contribution in [1.29, 1.82) is 0 Å². The van der Waals surface area contributed by atoms with Crippen LogP contribution in [0.3, 0.4) is 0 Å². The molecule has 1 spiro atoms. The van der Waals surface area contributed by atoms with Crippen LogP contribution in [0.15, 0.2) is 316 Å². The van der Waals surface area contributed by atoms with Crippen LogP contribution in [-0.2, 0) is 16.2 Å². The van der Waals surface area contributed by atoms with E-state index in [1.165, 1.54) is 36.4 Å².